The van der Waals surface area contributed by atoms with E-state index in [1.54, 1.807) is 24.3 Å². The highest BCUT2D eigenvalue weighted by atomic mass is 35.5. The lowest BCUT2D eigenvalue weighted by atomic mass is 10.1. The van der Waals surface area contributed by atoms with Crippen molar-refractivity contribution in [2.24, 2.45) is 0 Å². The average Bonchev–Trinajstić information content (AvgIpc) is 2.29. The van der Waals surface area contributed by atoms with Crippen molar-refractivity contribution in [3.63, 3.8) is 0 Å². The minimum absolute atomic E-state index is 0.256. The summed E-state index contributed by atoms with van der Waals surface area (Å²) in [5.41, 5.74) is 0.781. The number of aromatic nitrogens is 1. The molecule has 1 aromatic heterocycles. The van der Waals surface area contributed by atoms with Gasteiger partial charge in [-0.3, -0.25) is 0 Å². The van der Waals surface area contributed by atoms with Crippen LogP contribution in [0.2, 0.25) is 10.2 Å². The second-order valence-electron chi connectivity index (χ2n) is 3.12. The van der Waals surface area contributed by atoms with E-state index in [1.807, 2.05) is 0 Å². The fourth-order valence-electron chi connectivity index (χ4n) is 1.40. The van der Waals surface area contributed by atoms with Crippen LogP contribution in [0.3, 0.4) is 0 Å². The summed E-state index contributed by atoms with van der Waals surface area (Å²) in [5, 5.41) is 1.41. The summed E-state index contributed by atoms with van der Waals surface area (Å²) >= 11 is 11.8. The molecule has 82 valence electrons. The monoisotopic (exact) mass is 255 g/mol. The molecule has 0 amide bonds. The third-order valence-corrected chi connectivity index (χ3v) is 2.76. The van der Waals surface area contributed by atoms with Crippen molar-refractivity contribution >= 4 is 40.1 Å². The third-order valence-electron chi connectivity index (χ3n) is 2.17. The van der Waals surface area contributed by atoms with Gasteiger partial charge in [-0.25, -0.2) is 9.78 Å². The summed E-state index contributed by atoms with van der Waals surface area (Å²) in [7, 11) is 1.30. The summed E-state index contributed by atoms with van der Waals surface area (Å²) in [6.45, 7) is 0. The van der Waals surface area contributed by atoms with Gasteiger partial charge in [0.05, 0.1) is 23.2 Å². The van der Waals surface area contributed by atoms with E-state index in [9.17, 15) is 4.79 Å². The van der Waals surface area contributed by atoms with Crippen molar-refractivity contribution in [1.29, 1.82) is 0 Å². The predicted octanol–water partition coefficient (Wildman–Crippen LogP) is 3.33. The Kier molecular flexibility index (Phi) is 2.99. The molecule has 0 aliphatic heterocycles. The van der Waals surface area contributed by atoms with E-state index in [0.29, 0.717) is 10.7 Å². The van der Waals surface area contributed by atoms with E-state index in [4.69, 9.17) is 23.2 Å². The molecule has 2 rings (SSSR count). The Morgan fingerprint density at radius 2 is 1.94 bits per heavy atom. The van der Waals surface area contributed by atoms with Gasteiger partial charge >= 0.3 is 5.97 Å². The van der Waals surface area contributed by atoms with E-state index in [1.165, 1.54) is 7.11 Å². The molecule has 0 radical (unpaired) electrons. The zero-order chi connectivity index (χ0) is 11.7. The molecule has 0 spiro atoms. The van der Waals surface area contributed by atoms with Crippen LogP contribution in [0.5, 0.6) is 0 Å². The average molecular weight is 256 g/mol. The summed E-state index contributed by atoms with van der Waals surface area (Å²) in [5.74, 6) is -0.492. The molecule has 0 N–H and O–H groups in total. The largest absolute Gasteiger partial charge is 0.465 e. The van der Waals surface area contributed by atoms with Crippen molar-refractivity contribution in [1.82, 2.24) is 4.98 Å². The smallest absolute Gasteiger partial charge is 0.339 e. The molecule has 1 heterocycles. The van der Waals surface area contributed by atoms with Crippen LogP contribution in [0, 0.1) is 0 Å². The highest BCUT2D eigenvalue weighted by Crippen LogP contribution is 2.27. The van der Waals surface area contributed by atoms with E-state index in [-0.39, 0.29) is 10.6 Å². The summed E-state index contributed by atoms with van der Waals surface area (Å²) in [4.78, 5) is 15.5. The van der Waals surface area contributed by atoms with E-state index in [2.05, 4.69) is 9.72 Å². The van der Waals surface area contributed by atoms with Crippen molar-refractivity contribution < 1.29 is 9.53 Å². The lowest BCUT2D eigenvalue weighted by Gasteiger charge is -2.05. The van der Waals surface area contributed by atoms with E-state index < -0.39 is 5.97 Å². The second kappa shape index (κ2) is 4.28. The van der Waals surface area contributed by atoms with Gasteiger partial charge in [0.2, 0.25) is 0 Å². The van der Waals surface area contributed by atoms with Gasteiger partial charge < -0.3 is 4.74 Å². The molecular formula is C11H7Cl2NO2. The van der Waals surface area contributed by atoms with Crippen molar-refractivity contribution in [3.05, 3.63) is 40.0 Å². The van der Waals surface area contributed by atoms with Gasteiger partial charge in [0.15, 0.2) is 0 Å². The second-order valence-corrected chi connectivity index (χ2v) is 3.89. The topological polar surface area (TPSA) is 39.2 Å². The molecule has 0 aliphatic carbocycles. The Morgan fingerprint density at radius 1 is 1.25 bits per heavy atom. The molecule has 0 aliphatic rings. The Morgan fingerprint density at radius 3 is 2.62 bits per heavy atom. The summed E-state index contributed by atoms with van der Waals surface area (Å²) in [6, 6.07) is 6.80. The first-order valence-electron chi connectivity index (χ1n) is 4.46. The molecule has 5 heteroatoms. The van der Waals surface area contributed by atoms with Crippen LogP contribution in [0.15, 0.2) is 24.3 Å². The zero-order valence-electron chi connectivity index (χ0n) is 8.33. The quantitative estimate of drug-likeness (QED) is 0.580. The van der Waals surface area contributed by atoms with Crippen LogP contribution in [-0.4, -0.2) is 18.1 Å². The first-order valence-corrected chi connectivity index (χ1v) is 5.22. The number of halogens is 2. The van der Waals surface area contributed by atoms with Gasteiger partial charge in [-0.2, -0.15) is 0 Å². The van der Waals surface area contributed by atoms with Gasteiger partial charge in [-0.05, 0) is 18.2 Å². The van der Waals surface area contributed by atoms with Gasteiger partial charge in [0, 0.05) is 5.39 Å². The Labute approximate surface area is 102 Å². The number of fused-ring (bicyclic) bond motifs is 1. The number of methoxy groups -OCH3 is 1. The molecular weight excluding hydrogens is 249 g/mol. The normalized spacial score (nSPS) is 10.4. The molecule has 1 aromatic carbocycles. The van der Waals surface area contributed by atoms with Gasteiger partial charge in [-0.1, -0.05) is 29.3 Å². The van der Waals surface area contributed by atoms with Crippen LogP contribution in [-0.2, 0) is 4.74 Å². The number of hydrogen-bond donors (Lipinski definition) is 0. The lowest BCUT2D eigenvalue weighted by molar-refractivity contribution is 0.0601. The molecule has 0 unspecified atom stereocenters. The van der Waals surface area contributed by atoms with Crippen LogP contribution in [0.25, 0.3) is 10.9 Å². The number of carbonyl (C=O) groups excluding carboxylic acids is 1. The minimum atomic E-state index is -0.492. The van der Waals surface area contributed by atoms with Crippen LogP contribution in [0.4, 0.5) is 0 Å². The number of carbonyl (C=O) groups is 1. The molecule has 0 bridgehead atoms. The fourth-order valence-corrected chi connectivity index (χ4v) is 1.84. The number of hydrogen-bond acceptors (Lipinski definition) is 3. The third kappa shape index (κ3) is 1.84. The SMILES string of the molecule is COC(=O)c1ccc2ccc(Cl)nc2c1Cl. The lowest BCUT2D eigenvalue weighted by Crippen LogP contribution is -2.02. The highest BCUT2D eigenvalue weighted by Gasteiger charge is 2.14. The van der Waals surface area contributed by atoms with Crippen molar-refractivity contribution in [2.45, 2.75) is 0 Å². The molecule has 0 saturated heterocycles. The predicted molar refractivity (Wildman–Crippen MR) is 63.1 cm³/mol. The van der Waals surface area contributed by atoms with E-state index >= 15 is 0 Å². The van der Waals surface area contributed by atoms with Crippen LogP contribution in [0.1, 0.15) is 10.4 Å². The molecule has 0 atom stereocenters. The number of ether oxygens (including phenoxy) is 1. The maximum atomic E-state index is 11.4. The summed E-state index contributed by atoms with van der Waals surface area (Å²) in [6.07, 6.45) is 0. The van der Waals surface area contributed by atoms with Crippen LogP contribution >= 0.6 is 23.2 Å². The number of esters is 1. The first-order chi connectivity index (χ1) is 7.63. The van der Waals surface area contributed by atoms with Crippen molar-refractivity contribution in [2.75, 3.05) is 7.11 Å². The molecule has 3 nitrogen and oxygen atoms in total. The molecule has 16 heavy (non-hydrogen) atoms. The number of rotatable bonds is 1. The molecule has 0 saturated carbocycles. The Balaban J connectivity index is 2.72. The van der Waals surface area contributed by atoms with E-state index in [0.717, 1.165) is 5.39 Å². The minimum Gasteiger partial charge on any atom is -0.465 e. The van der Waals surface area contributed by atoms with Gasteiger partial charge in [0.1, 0.15) is 5.15 Å². The zero-order valence-corrected chi connectivity index (χ0v) is 9.84. The standard InChI is InChI=1S/C11H7Cl2NO2/c1-16-11(15)7-4-2-6-3-5-8(12)14-10(6)9(7)13/h2-5H,1H3. The first kappa shape index (κ1) is 11.2. The number of nitrogens with zero attached hydrogens (tertiary/aromatic N) is 1. The van der Waals surface area contributed by atoms with Crippen LogP contribution < -0.4 is 0 Å². The Bertz CT molecular complexity index is 569. The van der Waals surface area contributed by atoms with Gasteiger partial charge in [0.25, 0.3) is 0 Å². The molecule has 0 fully saturated rings. The van der Waals surface area contributed by atoms with Crippen molar-refractivity contribution in [3.8, 4) is 0 Å². The summed E-state index contributed by atoms with van der Waals surface area (Å²) < 4.78 is 4.61. The highest BCUT2D eigenvalue weighted by molar-refractivity contribution is 6.38. The van der Waals surface area contributed by atoms with Gasteiger partial charge in [-0.15, -0.1) is 0 Å². The molecule has 2 aromatic rings. The number of benzene rings is 1. The maximum absolute atomic E-state index is 11.4. The fraction of sp³-hybridized carbons (Fsp3) is 0.0909. The Hall–Kier alpha value is -1.32. The maximum Gasteiger partial charge on any atom is 0.339 e. The number of pyridine rings is 1.